The number of amides is 1. The van der Waals surface area contributed by atoms with E-state index in [1.165, 1.54) is 0 Å². The zero-order valence-electron chi connectivity index (χ0n) is 13.7. The molecule has 3 rings (SSSR count). The fourth-order valence-electron chi connectivity index (χ4n) is 3.63. The second-order valence-corrected chi connectivity index (χ2v) is 6.68. The lowest BCUT2D eigenvalue weighted by atomic mass is 10.1. The van der Waals surface area contributed by atoms with Crippen molar-refractivity contribution in [1.29, 1.82) is 0 Å². The molecule has 126 valence electrons. The van der Waals surface area contributed by atoms with E-state index in [2.05, 4.69) is 10.2 Å². The standard InChI is InChI=1S/C18H26N2O3/c1-13-4-2-3-5-14(13)8-18(22)19-15-9-16-12-23-17(6-7-21)11-20(16)10-15/h2-5,15-17,21H,6-12H2,1H3,(H,19,22)/t15-,16-,17-/m0/s1. The monoisotopic (exact) mass is 318 g/mol. The Bertz CT molecular complexity index is 549. The summed E-state index contributed by atoms with van der Waals surface area (Å²) in [7, 11) is 0. The van der Waals surface area contributed by atoms with E-state index in [-0.39, 0.29) is 24.7 Å². The van der Waals surface area contributed by atoms with Crippen LogP contribution in [0.3, 0.4) is 0 Å². The van der Waals surface area contributed by atoms with Gasteiger partial charge in [-0.25, -0.2) is 0 Å². The first-order chi connectivity index (χ1) is 11.2. The Kier molecular flexibility index (Phi) is 5.30. The first kappa shape index (κ1) is 16.4. The van der Waals surface area contributed by atoms with Crippen molar-refractivity contribution in [3.05, 3.63) is 35.4 Å². The molecule has 3 atom stereocenters. The van der Waals surface area contributed by atoms with Crippen LogP contribution >= 0.6 is 0 Å². The van der Waals surface area contributed by atoms with Crippen LogP contribution in [-0.2, 0) is 16.0 Å². The fraction of sp³-hybridized carbons (Fsp3) is 0.611. The van der Waals surface area contributed by atoms with Crippen molar-refractivity contribution >= 4 is 5.91 Å². The maximum atomic E-state index is 12.3. The van der Waals surface area contributed by atoms with Crippen LogP contribution in [0.15, 0.2) is 24.3 Å². The average molecular weight is 318 g/mol. The van der Waals surface area contributed by atoms with Gasteiger partial charge in [-0.15, -0.1) is 0 Å². The number of nitrogens with zero attached hydrogens (tertiary/aromatic N) is 1. The molecular formula is C18H26N2O3. The number of hydrogen-bond acceptors (Lipinski definition) is 4. The Morgan fingerprint density at radius 2 is 2.22 bits per heavy atom. The summed E-state index contributed by atoms with van der Waals surface area (Å²) in [5, 5.41) is 12.2. The Hall–Kier alpha value is -1.43. The van der Waals surface area contributed by atoms with Crippen LogP contribution in [0.5, 0.6) is 0 Å². The maximum absolute atomic E-state index is 12.3. The Morgan fingerprint density at radius 1 is 1.39 bits per heavy atom. The van der Waals surface area contributed by atoms with Gasteiger partial charge in [-0.3, -0.25) is 9.69 Å². The summed E-state index contributed by atoms with van der Waals surface area (Å²) in [4.78, 5) is 14.7. The molecule has 2 heterocycles. The van der Waals surface area contributed by atoms with E-state index in [9.17, 15) is 4.79 Å². The molecule has 5 nitrogen and oxygen atoms in total. The quantitative estimate of drug-likeness (QED) is 0.846. The third-order valence-corrected chi connectivity index (χ3v) is 4.92. The minimum Gasteiger partial charge on any atom is -0.396 e. The van der Waals surface area contributed by atoms with Gasteiger partial charge in [-0.2, -0.15) is 0 Å². The van der Waals surface area contributed by atoms with Crippen molar-refractivity contribution in [2.75, 3.05) is 26.3 Å². The minimum atomic E-state index is 0.0944. The third kappa shape index (κ3) is 4.10. The van der Waals surface area contributed by atoms with Gasteiger partial charge in [-0.05, 0) is 30.9 Å². The van der Waals surface area contributed by atoms with E-state index < -0.39 is 0 Å². The lowest BCUT2D eigenvalue weighted by Gasteiger charge is -2.34. The highest BCUT2D eigenvalue weighted by Gasteiger charge is 2.37. The molecule has 1 amide bonds. The number of benzene rings is 1. The molecular weight excluding hydrogens is 292 g/mol. The molecule has 2 N–H and O–H groups in total. The van der Waals surface area contributed by atoms with Gasteiger partial charge in [0, 0.05) is 31.8 Å². The van der Waals surface area contributed by atoms with Gasteiger partial charge >= 0.3 is 0 Å². The number of fused-ring (bicyclic) bond motifs is 1. The lowest BCUT2D eigenvalue weighted by Crippen LogP contribution is -2.46. The van der Waals surface area contributed by atoms with Crippen molar-refractivity contribution in [3.63, 3.8) is 0 Å². The molecule has 2 aliphatic rings. The molecule has 2 fully saturated rings. The summed E-state index contributed by atoms with van der Waals surface area (Å²) in [6.07, 6.45) is 2.20. The summed E-state index contributed by atoms with van der Waals surface area (Å²) < 4.78 is 5.78. The van der Waals surface area contributed by atoms with E-state index in [0.717, 1.165) is 30.6 Å². The van der Waals surface area contributed by atoms with Gasteiger partial charge in [0.25, 0.3) is 0 Å². The van der Waals surface area contributed by atoms with Crippen molar-refractivity contribution in [1.82, 2.24) is 10.2 Å². The molecule has 23 heavy (non-hydrogen) atoms. The summed E-state index contributed by atoms with van der Waals surface area (Å²) in [6.45, 7) is 4.65. The highest BCUT2D eigenvalue weighted by Crippen LogP contribution is 2.24. The maximum Gasteiger partial charge on any atom is 0.224 e. The predicted octanol–water partition coefficient (Wildman–Crippen LogP) is 0.878. The van der Waals surface area contributed by atoms with Crippen molar-refractivity contribution in [2.24, 2.45) is 0 Å². The van der Waals surface area contributed by atoms with E-state index in [0.29, 0.717) is 25.5 Å². The number of aliphatic hydroxyl groups excluding tert-OH is 1. The molecule has 0 aromatic heterocycles. The summed E-state index contributed by atoms with van der Waals surface area (Å²) in [5.74, 6) is 0.0944. The zero-order valence-corrected chi connectivity index (χ0v) is 13.7. The topological polar surface area (TPSA) is 61.8 Å². The molecule has 2 aliphatic heterocycles. The lowest BCUT2D eigenvalue weighted by molar-refractivity contribution is -0.121. The SMILES string of the molecule is Cc1ccccc1CC(=O)N[C@H]1C[C@H]2CO[C@@H](CCO)CN2C1. The largest absolute Gasteiger partial charge is 0.396 e. The van der Waals surface area contributed by atoms with Crippen LogP contribution in [0.1, 0.15) is 24.0 Å². The second kappa shape index (κ2) is 7.43. The number of carbonyl (C=O) groups excluding carboxylic acids is 1. The van der Waals surface area contributed by atoms with E-state index in [1.54, 1.807) is 0 Å². The fourth-order valence-corrected chi connectivity index (χ4v) is 3.63. The molecule has 1 aromatic rings. The van der Waals surface area contributed by atoms with E-state index >= 15 is 0 Å². The summed E-state index contributed by atoms with van der Waals surface area (Å²) in [5.41, 5.74) is 2.25. The van der Waals surface area contributed by atoms with Crippen LogP contribution in [0.4, 0.5) is 0 Å². The normalized spacial score (nSPS) is 27.7. The van der Waals surface area contributed by atoms with Gasteiger partial charge < -0.3 is 15.2 Å². The van der Waals surface area contributed by atoms with Gasteiger partial charge in [0.15, 0.2) is 0 Å². The Balaban J connectivity index is 1.50. The minimum absolute atomic E-state index is 0.0944. The Morgan fingerprint density at radius 3 is 3.00 bits per heavy atom. The highest BCUT2D eigenvalue weighted by molar-refractivity contribution is 5.79. The molecule has 0 spiro atoms. The van der Waals surface area contributed by atoms with E-state index in [4.69, 9.17) is 9.84 Å². The molecule has 0 bridgehead atoms. The molecule has 0 radical (unpaired) electrons. The van der Waals surface area contributed by atoms with Crippen molar-refractivity contribution in [2.45, 2.75) is 44.4 Å². The Labute approximate surface area is 137 Å². The number of hydrogen-bond donors (Lipinski definition) is 2. The van der Waals surface area contributed by atoms with E-state index in [1.807, 2.05) is 31.2 Å². The summed E-state index contributed by atoms with van der Waals surface area (Å²) in [6, 6.07) is 8.62. The molecule has 2 saturated heterocycles. The number of rotatable bonds is 5. The number of morpholine rings is 1. The number of aliphatic hydroxyl groups is 1. The first-order valence-corrected chi connectivity index (χ1v) is 8.46. The smallest absolute Gasteiger partial charge is 0.224 e. The van der Waals surface area contributed by atoms with Crippen LogP contribution < -0.4 is 5.32 Å². The third-order valence-electron chi connectivity index (χ3n) is 4.92. The van der Waals surface area contributed by atoms with Crippen molar-refractivity contribution < 1.29 is 14.6 Å². The molecule has 1 aromatic carbocycles. The predicted molar refractivity (Wildman–Crippen MR) is 88.2 cm³/mol. The van der Waals surface area contributed by atoms with Crippen molar-refractivity contribution in [3.8, 4) is 0 Å². The van der Waals surface area contributed by atoms with Gasteiger partial charge in [0.2, 0.25) is 5.91 Å². The molecule has 0 aliphatic carbocycles. The van der Waals surface area contributed by atoms with Crippen LogP contribution in [0.2, 0.25) is 0 Å². The number of ether oxygens (including phenoxy) is 1. The highest BCUT2D eigenvalue weighted by atomic mass is 16.5. The number of carbonyl (C=O) groups is 1. The van der Waals surface area contributed by atoms with Crippen LogP contribution in [0, 0.1) is 6.92 Å². The number of nitrogens with one attached hydrogen (secondary N) is 1. The summed E-state index contributed by atoms with van der Waals surface area (Å²) >= 11 is 0. The first-order valence-electron chi connectivity index (χ1n) is 8.46. The zero-order chi connectivity index (χ0) is 16.2. The van der Waals surface area contributed by atoms with Gasteiger partial charge in [0.05, 0.1) is 19.1 Å². The van der Waals surface area contributed by atoms with Gasteiger partial charge in [-0.1, -0.05) is 24.3 Å². The van der Waals surface area contributed by atoms with Crippen LogP contribution in [-0.4, -0.2) is 60.4 Å². The second-order valence-electron chi connectivity index (χ2n) is 6.68. The molecule has 5 heteroatoms. The molecule has 0 unspecified atom stereocenters. The average Bonchev–Trinajstić information content (AvgIpc) is 2.91. The molecule has 0 saturated carbocycles. The number of aryl methyl sites for hydroxylation is 1. The van der Waals surface area contributed by atoms with Gasteiger partial charge in [0.1, 0.15) is 0 Å². The van der Waals surface area contributed by atoms with Crippen LogP contribution in [0.25, 0.3) is 0 Å².